The van der Waals surface area contributed by atoms with E-state index in [1.807, 2.05) is 134 Å². The number of nitrogens with one attached hydrogen (secondary N) is 4. The molecule has 4 aromatic rings. The van der Waals surface area contributed by atoms with Gasteiger partial charge in [0.1, 0.15) is 54.5 Å². The van der Waals surface area contributed by atoms with Gasteiger partial charge in [0.05, 0.1) is 75.3 Å². The fourth-order valence-electron chi connectivity index (χ4n) is 12.2. The predicted octanol–water partition coefficient (Wildman–Crippen LogP) is 10.2. The molecule has 103 heavy (non-hydrogen) atoms. The largest absolute Gasteiger partial charge is 0.460 e. The normalized spacial score (nSPS) is 22.9. The molecule has 0 saturated carbocycles. The molecule has 27 heteroatoms. The molecule has 4 fully saturated rings. The topological polar surface area (TPSA) is 299 Å². The van der Waals surface area contributed by atoms with Gasteiger partial charge < -0.3 is 43.8 Å². The van der Waals surface area contributed by atoms with Crippen molar-refractivity contribution in [1.82, 2.24) is 41.5 Å². The minimum Gasteiger partial charge on any atom is -0.460 e. The number of alkyl halides is 3. The lowest BCUT2D eigenvalue weighted by Gasteiger charge is -2.38. The maximum absolute atomic E-state index is 14.0. The number of esters is 3. The Bertz CT molecular complexity index is 3790. The van der Waals surface area contributed by atoms with E-state index >= 15 is 0 Å². The van der Waals surface area contributed by atoms with Crippen molar-refractivity contribution in [3.05, 3.63) is 95.3 Å². The second-order valence-corrected chi connectivity index (χ2v) is 32.9. The van der Waals surface area contributed by atoms with Crippen molar-refractivity contribution >= 4 is 122 Å². The van der Waals surface area contributed by atoms with Gasteiger partial charge in [0, 0.05) is 77.1 Å². The zero-order chi connectivity index (χ0) is 75.4. The first-order valence-corrected chi connectivity index (χ1v) is 36.5. The fourth-order valence-corrected chi connectivity index (χ4v) is 12.4. The highest BCUT2D eigenvalue weighted by atomic mass is 35.6. The Morgan fingerprint density at radius 2 is 1.45 bits per heavy atom. The molecule has 8 atom stereocenters. The van der Waals surface area contributed by atoms with Crippen LogP contribution < -0.4 is 21.5 Å². The van der Waals surface area contributed by atoms with Crippen molar-refractivity contribution in [1.29, 1.82) is 0 Å². The monoisotopic (exact) mass is 1490 g/mol. The summed E-state index contributed by atoms with van der Waals surface area (Å²) in [5.74, 6) is -5.46. The Morgan fingerprint density at radius 3 is 2.09 bits per heavy atom. The van der Waals surface area contributed by atoms with Crippen molar-refractivity contribution < 1.29 is 76.3 Å². The Labute approximate surface area is 618 Å². The quantitative estimate of drug-likeness (QED) is 0.0323. The molecule has 5 aliphatic rings. The van der Waals surface area contributed by atoms with Gasteiger partial charge in [0.2, 0.25) is 15.6 Å². The molecule has 5 bridgehead atoms. The van der Waals surface area contributed by atoms with E-state index in [9.17, 15) is 43.2 Å². The minimum atomic E-state index is -1.79. The Hall–Kier alpha value is -7.00. The first-order chi connectivity index (χ1) is 48.4. The van der Waals surface area contributed by atoms with E-state index in [2.05, 4.69) is 26.5 Å². The molecule has 562 valence electrons. The summed E-state index contributed by atoms with van der Waals surface area (Å²) in [6.07, 6.45) is 8.09. The van der Waals surface area contributed by atoms with Gasteiger partial charge in [-0.2, -0.15) is 0 Å². The van der Waals surface area contributed by atoms with Crippen LogP contribution >= 0.6 is 34.8 Å². The summed E-state index contributed by atoms with van der Waals surface area (Å²) >= 11 is 17.2. The van der Waals surface area contributed by atoms with Crippen LogP contribution in [0.5, 0.6) is 0 Å². The Kier molecular flexibility index (Phi) is 28.1. The number of ether oxygens (including phenoxy) is 7. The van der Waals surface area contributed by atoms with E-state index in [0.29, 0.717) is 88.8 Å². The van der Waals surface area contributed by atoms with Gasteiger partial charge >= 0.3 is 17.9 Å². The first-order valence-electron chi connectivity index (χ1n) is 35.4. The maximum Gasteiger partial charge on any atom is 0.325 e. The van der Waals surface area contributed by atoms with Crippen LogP contribution in [0.25, 0.3) is 34.0 Å². The zero-order valence-electron chi connectivity index (χ0n) is 61.3. The molecule has 4 N–H and O–H groups in total. The number of benzene rings is 2. The number of allylic oxidation sites excluding steroid dienone is 2. The van der Waals surface area contributed by atoms with E-state index in [4.69, 9.17) is 72.9 Å². The third-order valence-corrected chi connectivity index (χ3v) is 19.5. The molecule has 0 aliphatic carbocycles. The van der Waals surface area contributed by atoms with Crippen LogP contribution in [0.15, 0.2) is 72.8 Å². The number of Topliss-reactive ketones (excluding diaryl/α,β-unsaturated/α-hetero) is 2. The van der Waals surface area contributed by atoms with Crippen molar-refractivity contribution in [2.45, 2.75) is 169 Å². The third kappa shape index (κ3) is 23.0. The lowest BCUT2D eigenvalue weighted by atomic mass is 9.79. The number of carbonyl (C=O) groups is 9. The molecule has 2 aromatic heterocycles. The number of cyclic esters (lactones) is 1. The molecule has 9 rings (SSSR count). The van der Waals surface area contributed by atoms with Crippen LogP contribution in [0.1, 0.15) is 163 Å². The third-order valence-electron chi connectivity index (χ3n) is 19.2. The predicted molar refractivity (Wildman–Crippen MR) is 390 cm³/mol. The number of fused-ring (bicyclic) bond motifs is 5. The Balaban J connectivity index is 0.000000265. The van der Waals surface area contributed by atoms with E-state index in [1.165, 1.54) is 16.9 Å². The molecule has 5 aliphatic heterocycles. The van der Waals surface area contributed by atoms with Gasteiger partial charge in [-0.25, -0.2) is 20.8 Å². The molecule has 7 heterocycles. The lowest BCUT2D eigenvalue weighted by Crippen LogP contribution is -2.61. The number of nitrogens with zero attached hydrogens (tertiary/aromatic N) is 4. The van der Waals surface area contributed by atoms with Crippen LogP contribution in [0.2, 0.25) is 0 Å². The van der Waals surface area contributed by atoms with Crippen LogP contribution in [0.3, 0.4) is 0 Å². The van der Waals surface area contributed by atoms with Crippen LogP contribution in [-0.4, -0.2) is 174 Å². The van der Waals surface area contributed by atoms with Crippen LogP contribution in [-0.2, 0) is 76.3 Å². The summed E-state index contributed by atoms with van der Waals surface area (Å²) in [6.45, 7) is 26.4. The average Bonchev–Trinajstić information content (AvgIpc) is 1.32. The van der Waals surface area contributed by atoms with E-state index < -0.39 is 111 Å². The van der Waals surface area contributed by atoms with E-state index in [1.54, 1.807) is 33.8 Å². The van der Waals surface area contributed by atoms with E-state index in [-0.39, 0.29) is 66.8 Å². The van der Waals surface area contributed by atoms with Crippen molar-refractivity contribution in [2.24, 2.45) is 45.3 Å². The highest BCUT2D eigenvalue weighted by Crippen LogP contribution is 2.34. The minimum absolute atomic E-state index is 0.00835. The summed E-state index contributed by atoms with van der Waals surface area (Å²) in [4.78, 5) is 130. The zero-order valence-corrected chi connectivity index (χ0v) is 63.6. The van der Waals surface area contributed by atoms with E-state index in [0.717, 1.165) is 27.4 Å². The second-order valence-electron chi connectivity index (χ2n) is 30.4. The summed E-state index contributed by atoms with van der Waals surface area (Å²) in [6, 6.07) is 15.3. The molecule has 0 spiro atoms. The van der Waals surface area contributed by atoms with Gasteiger partial charge in [-0.1, -0.05) is 137 Å². The summed E-state index contributed by atoms with van der Waals surface area (Å²) in [5.41, 5.74) is 8.12. The number of carbonyl (C=O) groups excluding carboxylic acids is 9. The number of pyridine rings is 2. The Morgan fingerprint density at radius 1 is 0.806 bits per heavy atom. The van der Waals surface area contributed by atoms with Crippen molar-refractivity contribution in [2.75, 3.05) is 72.6 Å². The van der Waals surface area contributed by atoms with Crippen molar-refractivity contribution in [3.8, 4) is 0 Å². The second kappa shape index (κ2) is 35.4. The summed E-state index contributed by atoms with van der Waals surface area (Å²) in [5, 5.41) is 10.3. The maximum atomic E-state index is 14.0. The summed E-state index contributed by atoms with van der Waals surface area (Å²) in [7, 11) is 0. The number of ketones is 2. The summed E-state index contributed by atoms with van der Waals surface area (Å²) < 4.78 is 37.1. The molecule has 4 saturated heterocycles. The number of amides is 4. The van der Waals surface area contributed by atoms with Gasteiger partial charge in [-0.3, -0.25) is 53.2 Å². The van der Waals surface area contributed by atoms with Gasteiger partial charge in [0.25, 0.3) is 11.8 Å². The first kappa shape index (κ1) is 81.7. The fraction of sp³-hybridized carbons (Fsp3) is 0.592. The highest BCUT2D eigenvalue weighted by molar-refractivity contribution is 6.67. The van der Waals surface area contributed by atoms with Gasteiger partial charge in [0.15, 0.2) is 0 Å². The van der Waals surface area contributed by atoms with Gasteiger partial charge in [-0.15, -0.1) is 0 Å². The highest BCUT2D eigenvalue weighted by Gasteiger charge is 2.42. The molecule has 4 amide bonds. The smallest absolute Gasteiger partial charge is 0.325 e. The number of aromatic nitrogens is 2. The van der Waals surface area contributed by atoms with Crippen molar-refractivity contribution in [3.63, 3.8) is 0 Å². The molecule has 24 nitrogen and oxygen atoms in total. The molecular weight excluding hydrogens is 1390 g/mol. The SMILES string of the molecule is CC(=O)O[C@H](C)c1ccc2ccc(/C=C/C(C)(C)C(=O)C[C@H](C(=O)N[C@@H](COCC3(C)COC3)C(=O)N3CCC[C@@H](C(=O)OCC(Cl)(Cl)Cl)N3)C(C)C)cc2n1.CC(C)[C@@H]1CC(=O)C(C)(C)/C=C/c2ccc3ccc(nc3c2)[C@@H](C)OC(=O)[C@@H]2CCCN(N2)C(=O)[C@H](COCC2(C)COC2)NC1=O. The molecule has 2 aromatic carbocycles. The molecular formula is C76H101Cl3N8O16. The van der Waals surface area contributed by atoms with Crippen LogP contribution in [0.4, 0.5) is 0 Å². The number of hydrazine groups is 2. The number of halogens is 3. The van der Waals surface area contributed by atoms with Gasteiger partial charge in [-0.05, 0) is 114 Å². The molecule has 0 radical (unpaired) electrons. The van der Waals surface area contributed by atoms with Crippen LogP contribution in [0, 0.1) is 45.3 Å². The lowest BCUT2D eigenvalue weighted by molar-refractivity contribution is -0.159. The average molecular weight is 1490 g/mol. The molecule has 0 unspecified atom stereocenters. The number of hydrogen-bond donors (Lipinski definition) is 4. The number of rotatable bonds is 22. The number of hydrogen-bond acceptors (Lipinski definition) is 20. The standard InChI is InChI=1S/C40H53Cl3N4O9.C36H48N4O7/c1-24(2)29(18-34(49)38(5,6)15-14-27-10-11-28-12-13-30(44-32(28)17-27)25(3)56-26(4)48)35(50)45-33(19-53-20-39(7)21-54-22-39)36(51)47-16-8-9-31(46-47)37(52)55-23-40(41,42)43;1-22(2)26-17-31(41)35(4,5)14-13-24-9-10-25-11-12-27(37-29(25)16-24)23(3)47-34(44)28-8-7-15-40(39-28)33(43)30(38-32(26)42)18-45-19-36(6)20-46-21-36/h10-15,17,24-25,29,31,33,46H,8-9,16,18-23H2,1-7H3,(H,45,50);9-14,16,22-23,26,28,30,39H,7-8,15,17-21H2,1-6H3,(H,38,42)/b15-14+;14-13+/t25-,29+,31+,33+;23-,26+,28+,30+/m11/s1.